The zero-order valence-electron chi connectivity index (χ0n) is 18.9. The molecule has 2 saturated heterocycles. The van der Waals surface area contributed by atoms with Crippen molar-refractivity contribution in [2.75, 3.05) is 44.2 Å². The van der Waals surface area contributed by atoms with Crippen molar-refractivity contribution < 1.29 is 13.2 Å². The fourth-order valence-corrected chi connectivity index (χ4v) is 8.42. The molecule has 2 aliphatic heterocycles. The summed E-state index contributed by atoms with van der Waals surface area (Å²) in [5.41, 5.74) is 2.11. The second-order valence-electron chi connectivity index (χ2n) is 8.78. The quantitative estimate of drug-likeness (QED) is 0.458. The maximum Gasteiger partial charge on any atom is 0.252 e. The fraction of sp³-hybridized carbons (Fsp3) is 0.320. The van der Waals surface area contributed by atoms with Crippen LogP contribution in [0, 0.1) is 5.92 Å². The summed E-state index contributed by atoms with van der Waals surface area (Å²) >= 11 is 13.0. The highest BCUT2D eigenvalue weighted by Gasteiger charge is 2.45. The van der Waals surface area contributed by atoms with Crippen molar-refractivity contribution in [2.24, 2.45) is 5.92 Å². The molecule has 5 rings (SSSR count). The summed E-state index contributed by atoms with van der Waals surface area (Å²) in [6, 6.07) is 21.2. The number of hydrogen-bond donors (Lipinski definition) is 0. The van der Waals surface area contributed by atoms with Crippen LogP contribution in [0.2, 0.25) is 9.36 Å². The molecule has 2 unspecified atom stereocenters. The van der Waals surface area contributed by atoms with E-state index in [2.05, 4.69) is 17.0 Å². The number of amides is 1. The van der Waals surface area contributed by atoms with Crippen LogP contribution >= 0.6 is 34.5 Å². The van der Waals surface area contributed by atoms with Crippen LogP contribution in [0.15, 0.2) is 70.9 Å². The van der Waals surface area contributed by atoms with Gasteiger partial charge in [0.2, 0.25) is 5.91 Å². The van der Waals surface area contributed by atoms with E-state index in [1.165, 1.54) is 10.4 Å². The molecular formula is C25H25Cl2N3O3S2. The zero-order chi connectivity index (χ0) is 24.6. The molecule has 10 heteroatoms. The molecule has 0 radical (unpaired) electrons. The number of hydrogen-bond acceptors (Lipinski definition) is 5. The first kappa shape index (κ1) is 24.6. The van der Waals surface area contributed by atoms with Gasteiger partial charge in [-0.1, -0.05) is 71.7 Å². The molecule has 184 valence electrons. The highest BCUT2D eigenvalue weighted by atomic mass is 35.5. The fourth-order valence-electron chi connectivity index (χ4n) is 4.89. The Balaban J connectivity index is 1.36. The second-order valence-corrected chi connectivity index (χ2v) is 13.0. The first-order valence-corrected chi connectivity index (χ1v) is 14.4. The third-order valence-electron chi connectivity index (χ3n) is 6.76. The van der Waals surface area contributed by atoms with E-state index < -0.39 is 15.9 Å². The molecule has 3 heterocycles. The number of sulfonamides is 1. The van der Waals surface area contributed by atoms with E-state index in [1.807, 2.05) is 53.4 Å². The summed E-state index contributed by atoms with van der Waals surface area (Å²) in [6.45, 7) is 3.06. The van der Waals surface area contributed by atoms with Crippen molar-refractivity contribution in [3.8, 4) is 0 Å². The van der Waals surface area contributed by atoms with Crippen molar-refractivity contribution in [1.82, 2.24) is 9.21 Å². The van der Waals surface area contributed by atoms with Gasteiger partial charge in [0.1, 0.15) is 8.55 Å². The molecule has 2 atom stereocenters. The number of rotatable bonds is 5. The summed E-state index contributed by atoms with van der Waals surface area (Å²) in [4.78, 5) is 17.9. The number of nitrogens with zero attached hydrogens (tertiary/aromatic N) is 3. The predicted octanol–water partition coefficient (Wildman–Crippen LogP) is 4.81. The van der Waals surface area contributed by atoms with E-state index in [-0.39, 0.29) is 38.5 Å². The Kier molecular flexibility index (Phi) is 7.10. The molecule has 0 aliphatic carbocycles. The molecule has 2 fully saturated rings. The van der Waals surface area contributed by atoms with Crippen molar-refractivity contribution in [2.45, 2.75) is 10.1 Å². The molecule has 2 aromatic carbocycles. The van der Waals surface area contributed by atoms with Crippen LogP contribution in [0.3, 0.4) is 0 Å². The van der Waals surface area contributed by atoms with E-state index in [0.29, 0.717) is 13.1 Å². The van der Waals surface area contributed by atoms with E-state index >= 15 is 0 Å². The molecule has 2 aliphatic rings. The number of benzene rings is 2. The van der Waals surface area contributed by atoms with E-state index in [1.54, 1.807) is 0 Å². The summed E-state index contributed by atoms with van der Waals surface area (Å²) < 4.78 is 28.6. The smallest absolute Gasteiger partial charge is 0.252 e. The average Bonchev–Trinajstić information content (AvgIpc) is 3.49. The van der Waals surface area contributed by atoms with Gasteiger partial charge in [-0.25, -0.2) is 8.42 Å². The van der Waals surface area contributed by atoms with Crippen LogP contribution in [0.5, 0.6) is 0 Å². The molecule has 0 bridgehead atoms. The van der Waals surface area contributed by atoms with Crippen molar-refractivity contribution in [3.63, 3.8) is 0 Å². The Morgan fingerprint density at radius 1 is 0.886 bits per heavy atom. The number of carbonyl (C=O) groups excluding carboxylic acids is 1. The minimum absolute atomic E-state index is 0.00603. The van der Waals surface area contributed by atoms with Gasteiger partial charge in [0.25, 0.3) is 10.0 Å². The van der Waals surface area contributed by atoms with Gasteiger partial charge >= 0.3 is 0 Å². The van der Waals surface area contributed by atoms with Gasteiger partial charge in [0.05, 0.1) is 10.9 Å². The zero-order valence-corrected chi connectivity index (χ0v) is 22.0. The van der Waals surface area contributed by atoms with Gasteiger partial charge in [-0.2, -0.15) is 4.31 Å². The Labute approximate surface area is 219 Å². The largest absolute Gasteiger partial charge is 0.368 e. The van der Waals surface area contributed by atoms with Gasteiger partial charge < -0.3 is 9.80 Å². The van der Waals surface area contributed by atoms with Crippen molar-refractivity contribution >= 4 is 56.2 Å². The summed E-state index contributed by atoms with van der Waals surface area (Å²) in [6.07, 6.45) is 0. The minimum Gasteiger partial charge on any atom is -0.368 e. The lowest BCUT2D eigenvalue weighted by molar-refractivity contribution is -0.135. The van der Waals surface area contributed by atoms with Gasteiger partial charge in [0, 0.05) is 50.9 Å². The monoisotopic (exact) mass is 549 g/mol. The lowest BCUT2D eigenvalue weighted by atomic mass is 9.88. The lowest BCUT2D eigenvalue weighted by Gasteiger charge is -2.37. The molecule has 35 heavy (non-hydrogen) atoms. The first-order valence-electron chi connectivity index (χ1n) is 11.4. The minimum atomic E-state index is -3.82. The molecular weight excluding hydrogens is 525 g/mol. The number of piperazine rings is 1. The van der Waals surface area contributed by atoms with Crippen LogP contribution in [0.1, 0.15) is 11.5 Å². The van der Waals surface area contributed by atoms with Crippen LogP contribution in [0.25, 0.3) is 0 Å². The Hall–Kier alpha value is -2.10. The Morgan fingerprint density at radius 2 is 1.51 bits per heavy atom. The van der Waals surface area contributed by atoms with Gasteiger partial charge in [0.15, 0.2) is 0 Å². The number of para-hydroxylation sites is 1. The van der Waals surface area contributed by atoms with Crippen LogP contribution in [0.4, 0.5) is 5.69 Å². The highest BCUT2D eigenvalue weighted by molar-refractivity contribution is 7.91. The van der Waals surface area contributed by atoms with Crippen molar-refractivity contribution in [3.05, 3.63) is 81.7 Å². The van der Waals surface area contributed by atoms with Crippen LogP contribution in [-0.2, 0) is 14.8 Å². The molecule has 6 nitrogen and oxygen atoms in total. The third kappa shape index (κ3) is 4.95. The number of carbonyl (C=O) groups is 1. The summed E-state index contributed by atoms with van der Waals surface area (Å²) in [5, 5.41) is 0.220. The van der Waals surface area contributed by atoms with Gasteiger partial charge in [-0.3, -0.25) is 4.79 Å². The SMILES string of the molecule is O=C(C1CN(S(=O)(=O)c2cc(Cl)c(Cl)s2)CC1c1ccccc1)N1CCN(c2ccccc2)CC1. The van der Waals surface area contributed by atoms with Crippen LogP contribution < -0.4 is 4.90 Å². The lowest BCUT2D eigenvalue weighted by Crippen LogP contribution is -2.51. The van der Waals surface area contributed by atoms with Crippen molar-refractivity contribution in [1.29, 1.82) is 0 Å². The molecule has 0 N–H and O–H groups in total. The number of thiophene rings is 1. The molecule has 1 amide bonds. The topological polar surface area (TPSA) is 60.9 Å². The molecule has 0 spiro atoms. The first-order chi connectivity index (χ1) is 16.8. The number of anilines is 1. The van der Waals surface area contributed by atoms with Gasteiger partial charge in [-0.15, -0.1) is 11.3 Å². The standard InChI is InChI=1S/C25H25Cl2N3O3S2/c26-22-15-23(34-24(22)27)35(32,33)30-16-20(18-7-3-1-4-8-18)21(17-30)25(31)29-13-11-28(12-14-29)19-9-5-2-6-10-19/h1-10,15,20-21H,11-14,16-17H2. The number of halogens is 2. The highest BCUT2D eigenvalue weighted by Crippen LogP contribution is 2.40. The second kappa shape index (κ2) is 10.1. The van der Waals surface area contributed by atoms with E-state index in [4.69, 9.17) is 23.2 Å². The van der Waals surface area contributed by atoms with Crippen LogP contribution in [-0.4, -0.2) is 62.8 Å². The normalized spacial score (nSPS) is 21.4. The molecule has 3 aromatic rings. The predicted molar refractivity (Wildman–Crippen MR) is 141 cm³/mol. The molecule has 1 aromatic heterocycles. The summed E-state index contributed by atoms with van der Waals surface area (Å²) in [5.74, 6) is -0.676. The average molecular weight is 551 g/mol. The third-order valence-corrected chi connectivity index (χ3v) is 10.9. The maximum absolute atomic E-state index is 13.7. The van der Waals surface area contributed by atoms with Gasteiger partial charge in [-0.05, 0) is 23.8 Å². The molecule has 0 saturated carbocycles. The maximum atomic E-state index is 13.7. The Bertz CT molecular complexity index is 1270. The van der Waals surface area contributed by atoms with E-state index in [0.717, 1.165) is 35.7 Å². The Morgan fingerprint density at radius 3 is 2.11 bits per heavy atom. The summed E-state index contributed by atoms with van der Waals surface area (Å²) in [7, 11) is -3.82. The van der Waals surface area contributed by atoms with E-state index in [9.17, 15) is 13.2 Å².